The van der Waals surface area contributed by atoms with Gasteiger partial charge in [-0.05, 0) is 51.1 Å². The summed E-state index contributed by atoms with van der Waals surface area (Å²) in [5.74, 6) is 2.84. The lowest BCUT2D eigenvalue weighted by Crippen LogP contribution is -2.59. The summed E-state index contributed by atoms with van der Waals surface area (Å²) in [5, 5.41) is 4.00. The van der Waals surface area contributed by atoms with Crippen LogP contribution in [0, 0.1) is 5.92 Å². The Labute approximate surface area is 158 Å². The lowest BCUT2D eigenvalue weighted by atomic mass is 9.83. The maximum atomic E-state index is 4.79. The molecular weight excluding hydrogens is 324 g/mol. The fourth-order valence-corrected chi connectivity index (χ4v) is 4.74. The van der Waals surface area contributed by atoms with Crippen molar-refractivity contribution in [1.29, 1.82) is 0 Å². The van der Waals surface area contributed by atoms with Crippen LogP contribution in [0.25, 0.3) is 0 Å². The minimum atomic E-state index is 0.664. The Kier molecular flexibility index (Phi) is 5.32. The number of nitrogens with one attached hydrogen (secondary N) is 1. The third-order valence-electron chi connectivity index (χ3n) is 6.44. The first-order valence-corrected chi connectivity index (χ1v) is 10.4. The van der Waals surface area contributed by atoms with E-state index in [1.165, 1.54) is 45.3 Å². The number of fused-ring (bicyclic) bond motifs is 3. The van der Waals surface area contributed by atoms with Gasteiger partial charge < -0.3 is 20.0 Å². The predicted molar refractivity (Wildman–Crippen MR) is 107 cm³/mol. The zero-order chi connectivity index (χ0) is 18.1. The second-order valence-electron chi connectivity index (χ2n) is 8.44. The topological polar surface area (TPSA) is 47.5 Å². The Bertz CT molecular complexity index is 602. The summed E-state index contributed by atoms with van der Waals surface area (Å²) in [5.41, 5.74) is 1.13. The van der Waals surface area contributed by atoms with Crippen molar-refractivity contribution in [2.24, 2.45) is 5.92 Å². The maximum absolute atomic E-state index is 4.79. The molecule has 2 bridgehead atoms. The molecule has 4 fully saturated rings. The van der Waals surface area contributed by atoms with Crippen LogP contribution >= 0.6 is 0 Å². The van der Waals surface area contributed by atoms with Crippen molar-refractivity contribution in [2.75, 3.05) is 56.6 Å². The van der Waals surface area contributed by atoms with Crippen molar-refractivity contribution in [3.05, 3.63) is 11.8 Å². The second-order valence-corrected chi connectivity index (χ2v) is 8.44. The minimum Gasteiger partial charge on any atom is -0.356 e. The molecule has 1 aromatic rings. The molecule has 0 saturated carbocycles. The fourth-order valence-electron chi connectivity index (χ4n) is 4.74. The van der Waals surface area contributed by atoms with Crippen LogP contribution in [0.5, 0.6) is 0 Å². The molecule has 26 heavy (non-hydrogen) atoms. The van der Waals surface area contributed by atoms with E-state index in [1.807, 2.05) is 19.0 Å². The zero-order valence-electron chi connectivity index (χ0n) is 16.6. The van der Waals surface area contributed by atoms with Crippen LogP contribution in [0.4, 0.5) is 11.8 Å². The highest BCUT2D eigenvalue weighted by Gasteiger charge is 2.35. The van der Waals surface area contributed by atoms with Crippen molar-refractivity contribution in [1.82, 2.24) is 20.2 Å². The molecule has 0 spiro atoms. The van der Waals surface area contributed by atoms with Gasteiger partial charge in [0.15, 0.2) is 0 Å². The van der Waals surface area contributed by atoms with E-state index in [9.17, 15) is 0 Å². The summed E-state index contributed by atoms with van der Waals surface area (Å²) in [6.45, 7) is 8.25. The summed E-state index contributed by atoms with van der Waals surface area (Å²) in [6.07, 6.45) is 6.17. The third kappa shape index (κ3) is 3.81. The van der Waals surface area contributed by atoms with E-state index in [2.05, 4.69) is 33.1 Å². The molecule has 5 heterocycles. The Morgan fingerprint density at radius 2 is 1.81 bits per heavy atom. The van der Waals surface area contributed by atoms with Gasteiger partial charge in [-0.15, -0.1) is 0 Å². The van der Waals surface area contributed by atoms with Crippen LogP contribution in [0.2, 0.25) is 0 Å². The van der Waals surface area contributed by atoms with Gasteiger partial charge >= 0.3 is 0 Å². The molecular formula is C20H34N6. The van der Waals surface area contributed by atoms with Crippen molar-refractivity contribution < 1.29 is 0 Å². The van der Waals surface area contributed by atoms with Crippen LogP contribution in [0.3, 0.4) is 0 Å². The third-order valence-corrected chi connectivity index (χ3v) is 6.44. The molecule has 4 saturated heterocycles. The Hall–Kier alpha value is -1.40. The number of hydrogen-bond acceptors (Lipinski definition) is 6. The van der Waals surface area contributed by atoms with Crippen LogP contribution in [0.15, 0.2) is 6.07 Å². The highest BCUT2D eigenvalue weighted by Crippen LogP contribution is 2.29. The fraction of sp³-hybridized carbons (Fsp3) is 0.800. The van der Waals surface area contributed by atoms with Gasteiger partial charge in [-0.3, -0.25) is 0 Å². The first-order valence-electron chi connectivity index (χ1n) is 10.4. The highest BCUT2D eigenvalue weighted by atomic mass is 15.3. The zero-order valence-corrected chi connectivity index (χ0v) is 16.6. The molecule has 5 rings (SSSR count). The quantitative estimate of drug-likeness (QED) is 0.865. The Balaban J connectivity index is 1.35. The van der Waals surface area contributed by atoms with E-state index < -0.39 is 0 Å². The van der Waals surface area contributed by atoms with Crippen molar-refractivity contribution in [2.45, 2.75) is 51.1 Å². The number of rotatable bonds is 5. The van der Waals surface area contributed by atoms with Gasteiger partial charge in [-0.25, -0.2) is 4.98 Å². The molecule has 0 amide bonds. The summed E-state index contributed by atoms with van der Waals surface area (Å²) < 4.78 is 0. The first kappa shape index (κ1) is 18.0. The molecule has 0 unspecified atom stereocenters. The number of piperidine rings is 4. The average molecular weight is 359 g/mol. The molecule has 4 aliphatic heterocycles. The molecule has 0 aliphatic carbocycles. The van der Waals surface area contributed by atoms with Gasteiger partial charge in [0, 0.05) is 57.6 Å². The van der Waals surface area contributed by atoms with Crippen LogP contribution in [-0.2, 0) is 6.42 Å². The van der Waals surface area contributed by atoms with E-state index in [-0.39, 0.29) is 0 Å². The van der Waals surface area contributed by atoms with E-state index in [1.54, 1.807) is 0 Å². The van der Waals surface area contributed by atoms with Gasteiger partial charge in [-0.2, -0.15) is 4.98 Å². The van der Waals surface area contributed by atoms with Crippen LogP contribution < -0.4 is 15.1 Å². The highest BCUT2D eigenvalue weighted by molar-refractivity contribution is 5.46. The van der Waals surface area contributed by atoms with Crippen molar-refractivity contribution >= 4 is 11.8 Å². The summed E-state index contributed by atoms with van der Waals surface area (Å²) in [7, 11) is 4.03. The van der Waals surface area contributed by atoms with E-state index in [0.717, 1.165) is 48.9 Å². The summed E-state index contributed by atoms with van der Waals surface area (Å²) in [6, 6.07) is 3.56. The summed E-state index contributed by atoms with van der Waals surface area (Å²) >= 11 is 0. The molecule has 0 aromatic carbocycles. The Morgan fingerprint density at radius 3 is 2.38 bits per heavy atom. The first-order chi connectivity index (χ1) is 12.6. The number of hydrogen-bond donors (Lipinski definition) is 1. The molecule has 1 aromatic heterocycles. The van der Waals surface area contributed by atoms with Gasteiger partial charge in [-0.1, -0.05) is 6.92 Å². The molecule has 144 valence electrons. The lowest BCUT2D eigenvalue weighted by molar-refractivity contribution is 0.0652. The van der Waals surface area contributed by atoms with Crippen LogP contribution in [0.1, 0.15) is 38.3 Å². The number of anilines is 2. The molecule has 4 aliphatic rings. The van der Waals surface area contributed by atoms with Gasteiger partial charge in [0.05, 0.1) is 0 Å². The van der Waals surface area contributed by atoms with Crippen molar-refractivity contribution in [3.8, 4) is 0 Å². The lowest BCUT2D eigenvalue weighted by Gasteiger charge is -2.47. The van der Waals surface area contributed by atoms with Gasteiger partial charge in [0.2, 0.25) is 5.95 Å². The average Bonchev–Trinajstić information content (AvgIpc) is 2.69. The smallest absolute Gasteiger partial charge is 0.227 e. The van der Waals surface area contributed by atoms with Gasteiger partial charge in [0.1, 0.15) is 5.82 Å². The number of aromatic nitrogens is 2. The largest absolute Gasteiger partial charge is 0.356 e. The molecule has 6 heteroatoms. The van der Waals surface area contributed by atoms with Gasteiger partial charge in [0.25, 0.3) is 0 Å². The SMILES string of the molecule is CCc1cc(N2CCC(N[C@H]3CN4CCC3CC4)CC2)nc(N(C)C)n1. The monoisotopic (exact) mass is 358 g/mol. The summed E-state index contributed by atoms with van der Waals surface area (Å²) in [4.78, 5) is 16.5. The van der Waals surface area contributed by atoms with E-state index in [0.29, 0.717) is 6.04 Å². The van der Waals surface area contributed by atoms with E-state index in [4.69, 9.17) is 4.98 Å². The minimum absolute atomic E-state index is 0.664. The standard InChI is InChI=1S/C20H34N6/c1-4-16-13-19(23-20(22-16)24(2)3)26-11-7-17(8-12-26)21-18-14-25-9-5-15(18)6-10-25/h13,15,17-18,21H,4-12,14H2,1-3H3/t18-/m0/s1. The molecule has 0 radical (unpaired) electrons. The molecule has 1 N–H and O–H groups in total. The normalized spacial score (nSPS) is 29.2. The number of aryl methyl sites for hydroxylation is 1. The molecule has 1 atom stereocenters. The maximum Gasteiger partial charge on any atom is 0.227 e. The molecule has 6 nitrogen and oxygen atoms in total. The predicted octanol–water partition coefficient (Wildman–Crippen LogP) is 1.76. The Morgan fingerprint density at radius 1 is 1.08 bits per heavy atom. The number of nitrogens with zero attached hydrogens (tertiary/aromatic N) is 5. The van der Waals surface area contributed by atoms with Crippen molar-refractivity contribution in [3.63, 3.8) is 0 Å². The second kappa shape index (κ2) is 7.69. The van der Waals surface area contributed by atoms with E-state index >= 15 is 0 Å². The van der Waals surface area contributed by atoms with Crippen LogP contribution in [-0.4, -0.2) is 73.8 Å².